The number of carboxylic acid groups (broad SMARTS) is 1. The SMILES string of the molecule is Cc1cc(SCC(CS(=O)(=O)c2ccc(-c3ccc(Cl)cc3)cc2)C(=O)O)nc(C)n1. The maximum Gasteiger partial charge on any atom is 0.308 e. The minimum atomic E-state index is -3.78. The first kappa shape index (κ1) is 23.2. The molecule has 3 aromatic rings. The molecule has 3 rings (SSSR count). The number of aryl methyl sites for hydroxylation is 2. The normalized spacial score (nSPS) is 12.5. The van der Waals surface area contributed by atoms with Gasteiger partial charge in [0, 0.05) is 16.5 Å². The topological polar surface area (TPSA) is 97.2 Å². The molecule has 0 bridgehead atoms. The Morgan fingerprint density at radius 3 is 2.16 bits per heavy atom. The molecule has 31 heavy (non-hydrogen) atoms. The maximum absolute atomic E-state index is 12.8. The van der Waals surface area contributed by atoms with E-state index in [4.69, 9.17) is 11.6 Å². The Kier molecular flexibility index (Phi) is 7.35. The molecule has 1 atom stereocenters. The molecule has 162 valence electrons. The van der Waals surface area contributed by atoms with Gasteiger partial charge in [-0.15, -0.1) is 11.8 Å². The van der Waals surface area contributed by atoms with Gasteiger partial charge in [-0.1, -0.05) is 35.9 Å². The molecular weight excluding hydrogens is 456 g/mol. The van der Waals surface area contributed by atoms with Crippen LogP contribution in [0.5, 0.6) is 0 Å². The Balaban J connectivity index is 1.73. The van der Waals surface area contributed by atoms with E-state index in [1.807, 2.05) is 19.1 Å². The Bertz CT molecular complexity index is 1160. The number of halogens is 1. The van der Waals surface area contributed by atoms with E-state index >= 15 is 0 Å². The van der Waals surface area contributed by atoms with E-state index in [0.717, 1.165) is 16.8 Å². The van der Waals surface area contributed by atoms with Gasteiger partial charge in [0.25, 0.3) is 0 Å². The van der Waals surface area contributed by atoms with Crippen molar-refractivity contribution < 1.29 is 18.3 Å². The first-order valence-corrected chi connectivity index (χ1v) is 12.4. The molecule has 1 N–H and O–H groups in total. The first-order chi connectivity index (χ1) is 14.6. The van der Waals surface area contributed by atoms with Crippen molar-refractivity contribution in [2.45, 2.75) is 23.8 Å². The van der Waals surface area contributed by atoms with Crippen LogP contribution in [-0.2, 0) is 14.6 Å². The van der Waals surface area contributed by atoms with E-state index < -0.39 is 27.5 Å². The van der Waals surface area contributed by atoms with Gasteiger partial charge in [0.1, 0.15) is 5.82 Å². The highest BCUT2D eigenvalue weighted by Gasteiger charge is 2.27. The number of thioether (sulfide) groups is 1. The predicted octanol–water partition coefficient (Wildman–Crippen LogP) is 4.68. The highest BCUT2D eigenvalue weighted by Crippen LogP contribution is 2.26. The van der Waals surface area contributed by atoms with Crippen LogP contribution in [0.15, 0.2) is 64.5 Å². The van der Waals surface area contributed by atoms with Crippen LogP contribution in [0.2, 0.25) is 5.02 Å². The summed E-state index contributed by atoms with van der Waals surface area (Å²) in [5, 5.41) is 10.8. The molecule has 0 spiro atoms. The molecule has 1 unspecified atom stereocenters. The zero-order valence-electron chi connectivity index (χ0n) is 16.9. The second-order valence-electron chi connectivity index (χ2n) is 7.05. The van der Waals surface area contributed by atoms with Gasteiger partial charge in [-0.05, 0) is 55.3 Å². The fourth-order valence-corrected chi connectivity index (χ4v) is 5.88. The first-order valence-electron chi connectivity index (χ1n) is 9.41. The van der Waals surface area contributed by atoms with Crippen LogP contribution >= 0.6 is 23.4 Å². The molecule has 0 aliphatic rings. The molecule has 1 aromatic heterocycles. The lowest BCUT2D eigenvalue weighted by Gasteiger charge is -2.13. The van der Waals surface area contributed by atoms with Crippen molar-refractivity contribution in [3.8, 4) is 11.1 Å². The standard InChI is InChI=1S/C22H21ClN2O4S2/c1-14-11-21(25-15(2)24-14)30-12-18(22(26)27)13-31(28,29)20-9-5-17(6-10-20)16-3-7-19(23)8-4-16/h3-11,18H,12-13H2,1-2H3,(H,26,27). The van der Waals surface area contributed by atoms with Crippen LogP contribution in [0.3, 0.4) is 0 Å². The van der Waals surface area contributed by atoms with Crippen molar-refractivity contribution in [1.29, 1.82) is 0 Å². The van der Waals surface area contributed by atoms with Gasteiger partial charge in [0.15, 0.2) is 9.84 Å². The fraction of sp³-hybridized carbons (Fsp3) is 0.227. The third-order valence-electron chi connectivity index (χ3n) is 4.54. The third-order valence-corrected chi connectivity index (χ3v) is 7.69. The van der Waals surface area contributed by atoms with Gasteiger partial charge in [-0.2, -0.15) is 0 Å². The third kappa shape index (κ3) is 6.29. The number of sulfone groups is 1. The quantitative estimate of drug-likeness (QED) is 0.372. The van der Waals surface area contributed by atoms with Gasteiger partial charge in [0.2, 0.25) is 0 Å². The molecule has 0 saturated carbocycles. The number of hydrogen-bond donors (Lipinski definition) is 1. The van der Waals surface area contributed by atoms with Gasteiger partial charge in [-0.3, -0.25) is 4.79 Å². The Morgan fingerprint density at radius 2 is 1.61 bits per heavy atom. The van der Waals surface area contributed by atoms with Crippen LogP contribution in [-0.4, -0.2) is 41.0 Å². The van der Waals surface area contributed by atoms with Crippen LogP contribution in [0.25, 0.3) is 11.1 Å². The van der Waals surface area contributed by atoms with Crippen molar-refractivity contribution in [2.24, 2.45) is 5.92 Å². The van der Waals surface area contributed by atoms with E-state index in [9.17, 15) is 18.3 Å². The largest absolute Gasteiger partial charge is 0.481 e. The van der Waals surface area contributed by atoms with Gasteiger partial charge in [-0.25, -0.2) is 18.4 Å². The molecule has 0 aliphatic heterocycles. The number of hydrogen-bond acceptors (Lipinski definition) is 6. The van der Waals surface area contributed by atoms with Crippen LogP contribution < -0.4 is 0 Å². The molecule has 0 fully saturated rings. The average Bonchev–Trinajstić information content (AvgIpc) is 2.71. The second kappa shape index (κ2) is 9.80. The van der Waals surface area contributed by atoms with Crippen LogP contribution in [0.1, 0.15) is 11.5 Å². The number of carbonyl (C=O) groups is 1. The van der Waals surface area contributed by atoms with Gasteiger partial charge >= 0.3 is 5.97 Å². The molecule has 0 aliphatic carbocycles. The molecule has 9 heteroatoms. The lowest BCUT2D eigenvalue weighted by atomic mass is 10.1. The Labute approximate surface area is 190 Å². The average molecular weight is 477 g/mol. The monoisotopic (exact) mass is 476 g/mol. The number of nitrogens with zero attached hydrogens (tertiary/aromatic N) is 2. The molecule has 2 aromatic carbocycles. The van der Waals surface area contributed by atoms with Gasteiger partial charge in [0.05, 0.1) is 21.6 Å². The van der Waals surface area contributed by atoms with Crippen molar-refractivity contribution in [3.63, 3.8) is 0 Å². The van der Waals surface area contributed by atoms with E-state index in [2.05, 4.69) is 9.97 Å². The zero-order valence-corrected chi connectivity index (χ0v) is 19.3. The summed E-state index contributed by atoms with van der Waals surface area (Å²) in [6, 6.07) is 15.4. The van der Waals surface area contributed by atoms with Crippen molar-refractivity contribution in [3.05, 3.63) is 71.1 Å². The summed E-state index contributed by atoms with van der Waals surface area (Å²) in [5.41, 5.74) is 2.52. The summed E-state index contributed by atoms with van der Waals surface area (Å²) in [6.07, 6.45) is 0. The molecular formula is C22H21ClN2O4S2. The van der Waals surface area contributed by atoms with Crippen molar-refractivity contribution in [2.75, 3.05) is 11.5 Å². The van der Waals surface area contributed by atoms with Crippen molar-refractivity contribution >= 4 is 39.2 Å². The predicted molar refractivity (Wildman–Crippen MR) is 122 cm³/mol. The maximum atomic E-state index is 12.8. The summed E-state index contributed by atoms with van der Waals surface area (Å²) in [4.78, 5) is 20.3. The number of aliphatic carboxylic acids is 1. The summed E-state index contributed by atoms with van der Waals surface area (Å²) in [7, 11) is -3.78. The van der Waals surface area contributed by atoms with E-state index in [1.54, 1.807) is 37.3 Å². The van der Waals surface area contributed by atoms with Crippen LogP contribution in [0.4, 0.5) is 0 Å². The summed E-state index contributed by atoms with van der Waals surface area (Å²) in [5.74, 6) is -2.04. The lowest BCUT2D eigenvalue weighted by Crippen LogP contribution is -2.26. The zero-order chi connectivity index (χ0) is 22.6. The fourth-order valence-electron chi connectivity index (χ4n) is 2.99. The lowest BCUT2D eigenvalue weighted by molar-refractivity contribution is -0.140. The molecule has 6 nitrogen and oxygen atoms in total. The smallest absolute Gasteiger partial charge is 0.308 e. The molecule has 0 amide bonds. The highest BCUT2D eigenvalue weighted by molar-refractivity contribution is 7.99. The second-order valence-corrected chi connectivity index (χ2v) is 10.6. The van der Waals surface area contributed by atoms with Crippen LogP contribution in [0, 0.1) is 19.8 Å². The summed E-state index contributed by atoms with van der Waals surface area (Å²) in [6.45, 7) is 3.58. The molecule has 1 heterocycles. The minimum absolute atomic E-state index is 0.0906. The molecule has 0 radical (unpaired) electrons. The van der Waals surface area contributed by atoms with E-state index in [0.29, 0.717) is 15.9 Å². The number of carboxylic acids is 1. The molecule has 0 saturated heterocycles. The summed E-state index contributed by atoms with van der Waals surface area (Å²) < 4.78 is 25.7. The number of aromatic nitrogens is 2. The number of rotatable bonds is 8. The van der Waals surface area contributed by atoms with E-state index in [-0.39, 0.29) is 10.6 Å². The minimum Gasteiger partial charge on any atom is -0.481 e. The summed E-state index contributed by atoms with van der Waals surface area (Å²) >= 11 is 7.12. The van der Waals surface area contributed by atoms with E-state index in [1.165, 1.54) is 23.9 Å². The van der Waals surface area contributed by atoms with Gasteiger partial charge < -0.3 is 5.11 Å². The van der Waals surface area contributed by atoms with Crippen molar-refractivity contribution in [1.82, 2.24) is 9.97 Å². The highest BCUT2D eigenvalue weighted by atomic mass is 35.5. The number of benzene rings is 2. The Hall–Kier alpha value is -2.42. The Morgan fingerprint density at radius 1 is 1.03 bits per heavy atom.